The Morgan fingerprint density at radius 1 is 0.939 bits per heavy atom. The van der Waals surface area contributed by atoms with E-state index in [4.69, 9.17) is 9.47 Å². The Hall–Kier alpha value is -3.52. The van der Waals surface area contributed by atoms with Crippen LogP contribution in [0.3, 0.4) is 0 Å². The van der Waals surface area contributed by atoms with Crippen molar-refractivity contribution in [2.75, 3.05) is 18.9 Å². The summed E-state index contributed by atoms with van der Waals surface area (Å²) >= 11 is 0. The molecule has 0 spiro atoms. The van der Waals surface area contributed by atoms with Crippen molar-refractivity contribution in [2.45, 2.75) is 31.7 Å². The molecule has 0 fully saturated rings. The Kier molecular flexibility index (Phi) is 7.28. The van der Waals surface area contributed by atoms with Crippen LogP contribution < -0.4 is 19.5 Å². The van der Waals surface area contributed by atoms with Crippen LogP contribution in [0.25, 0.3) is 0 Å². The van der Waals surface area contributed by atoms with Gasteiger partial charge in [-0.3, -0.25) is 9.52 Å². The molecule has 0 aromatic heterocycles. The van der Waals surface area contributed by atoms with Crippen molar-refractivity contribution in [1.82, 2.24) is 5.32 Å². The van der Waals surface area contributed by atoms with E-state index in [9.17, 15) is 13.2 Å². The fourth-order valence-corrected chi connectivity index (χ4v) is 4.54. The van der Waals surface area contributed by atoms with Gasteiger partial charge in [0.15, 0.2) is 0 Å². The number of sulfonamides is 1. The number of hydrogen-bond donors (Lipinski definition) is 2. The van der Waals surface area contributed by atoms with E-state index in [0.717, 1.165) is 11.1 Å². The van der Waals surface area contributed by atoms with Gasteiger partial charge < -0.3 is 14.8 Å². The fraction of sp³-hybridized carbons (Fsp3) is 0.240. The number of hydrogen-bond acceptors (Lipinski definition) is 5. The second kappa shape index (κ2) is 9.95. The molecule has 1 atom stereocenters. The molecule has 0 heterocycles. The van der Waals surface area contributed by atoms with Gasteiger partial charge in [0.25, 0.3) is 15.9 Å². The van der Waals surface area contributed by atoms with Crippen LogP contribution in [0.1, 0.15) is 40.0 Å². The van der Waals surface area contributed by atoms with Crippen molar-refractivity contribution >= 4 is 21.6 Å². The third-order valence-corrected chi connectivity index (χ3v) is 6.67. The summed E-state index contributed by atoms with van der Waals surface area (Å²) in [7, 11) is -0.751. The molecule has 0 aliphatic rings. The number of ether oxygens (including phenoxy) is 2. The molecule has 0 aliphatic heterocycles. The minimum absolute atomic E-state index is 0.00874. The first kappa shape index (κ1) is 24.1. The van der Waals surface area contributed by atoms with E-state index >= 15 is 0 Å². The van der Waals surface area contributed by atoms with Crippen molar-refractivity contribution in [3.8, 4) is 11.5 Å². The number of rotatable bonds is 8. The van der Waals surface area contributed by atoms with E-state index < -0.39 is 10.0 Å². The molecule has 1 amide bonds. The van der Waals surface area contributed by atoms with Crippen LogP contribution in [0.15, 0.2) is 65.6 Å². The lowest BCUT2D eigenvalue weighted by atomic mass is 10.0. The molecule has 0 saturated carbocycles. The highest BCUT2D eigenvalue weighted by atomic mass is 32.2. The van der Waals surface area contributed by atoms with E-state index in [2.05, 4.69) is 10.0 Å². The molecular weight excluding hydrogens is 440 g/mol. The minimum atomic E-state index is -3.87. The second-order valence-corrected chi connectivity index (χ2v) is 9.44. The molecule has 0 radical (unpaired) electrons. The van der Waals surface area contributed by atoms with Gasteiger partial charge in [-0.1, -0.05) is 18.2 Å². The van der Waals surface area contributed by atoms with Crippen molar-refractivity contribution in [3.05, 3.63) is 82.9 Å². The highest BCUT2D eigenvalue weighted by Crippen LogP contribution is 2.30. The Bertz CT molecular complexity index is 1270. The zero-order chi connectivity index (χ0) is 24.2. The maximum Gasteiger partial charge on any atom is 0.261 e. The quantitative estimate of drug-likeness (QED) is 0.503. The molecule has 33 heavy (non-hydrogen) atoms. The topological polar surface area (TPSA) is 93.7 Å². The van der Waals surface area contributed by atoms with Gasteiger partial charge in [-0.25, -0.2) is 8.42 Å². The highest BCUT2D eigenvalue weighted by Gasteiger charge is 2.21. The van der Waals surface area contributed by atoms with Gasteiger partial charge in [0.05, 0.1) is 25.2 Å². The number of amides is 1. The third-order valence-electron chi connectivity index (χ3n) is 5.29. The van der Waals surface area contributed by atoms with Crippen LogP contribution in [0.2, 0.25) is 0 Å². The minimum Gasteiger partial charge on any atom is -0.497 e. The number of nitrogens with one attached hydrogen (secondary N) is 2. The van der Waals surface area contributed by atoms with E-state index in [-0.39, 0.29) is 22.4 Å². The van der Waals surface area contributed by atoms with Gasteiger partial charge in [0, 0.05) is 22.9 Å². The van der Waals surface area contributed by atoms with Crippen LogP contribution in [-0.2, 0) is 10.0 Å². The second-order valence-electron chi connectivity index (χ2n) is 7.75. The SMILES string of the molecule is COc1ccc(C(C)NC(=O)c2cc(S(=O)(=O)Nc3cccc(C)c3)ccc2C)c(OC)c1. The first-order valence-electron chi connectivity index (χ1n) is 10.4. The Labute approximate surface area is 194 Å². The average Bonchev–Trinajstić information content (AvgIpc) is 2.78. The molecule has 2 N–H and O–H groups in total. The highest BCUT2D eigenvalue weighted by molar-refractivity contribution is 7.92. The molecule has 3 aromatic rings. The number of aryl methyl sites for hydroxylation is 2. The van der Waals surface area contributed by atoms with Gasteiger partial charge in [0.1, 0.15) is 11.5 Å². The molecule has 0 saturated heterocycles. The van der Waals surface area contributed by atoms with Gasteiger partial charge in [-0.15, -0.1) is 0 Å². The lowest BCUT2D eigenvalue weighted by molar-refractivity contribution is 0.0938. The summed E-state index contributed by atoms with van der Waals surface area (Å²) in [4.78, 5) is 13.1. The normalized spacial score (nSPS) is 12.0. The average molecular weight is 469 g/mol. The van der Waals surface area contributed by atoms with E-state index in [0.29, 0.717) is 22.7 Å². The summed E-state index contributed by atoms with van der Waals surface area (Å²) in [5.41, 5.74) is 3.11. The van der Waals surface area contributed by atoms with E-state index in [1.165, 1.54) is 12.1 Å². The largest absolute Gasteiger partial charge is 0.497 e. The fourth-order valence-electron chi connectivity index (χ4n) is 3.46. The van der Waals surface area contributed by atoms with Crippen molar-refractivity contribution in [1.29, 1.82) is 0 Å². The summed E-state index contributed by atoms with van der Waals surface area (Å²) in [5, 5.41) is 2.93. The smallest absolute Gasteiger partial charge is 0.261 e. The molecule has 8 heteroatoms. The van der Waals surface area contributed by atoms with Gasteiger partial charge in [0.2, 0.25) is 0 Å². The first-order chi connectivity index (χ1) is 15.6. The molecule has 0 aliphatic carbocycles. The molecular formula is C25H28N2O5S. The molecule has 174 valence electrons. The lowest BCUT2D eigenvalue weighted by Gasteiger charge is -2.19. The summed E-state index contributed by atoms with van der Waals surface area (Å²) in [6.07, 6.45) is 0. The summed E-state index contributed by atoms with van der Waals surface area (Å²) < 4.78 is 39.0. The van der Waals surface area contributed by atoms with Crippen molar-refractivity contribution in [2.24, 2.45) is 0 Å². The number of methoxy groups -OCH3 is 2. The lowest BCUT2D eigenvalue weighted by Crippen LogP contribution is -2.28. The number of carbonyl (C=O) groups excluding carboxylic acids is 1. The standard InChI is InChI=1S/C25H28N2O5S/c1-16-7-6-8-19(13-16)27-33(29,30)21-11-9-17(2)23(15-21)25(28)26-18(3)22-12-10-20(31-4)14-24(22)32-5/h6-15,18,27H,1-5H3,(H,26,28). The van der Waals surface area contributed by atoms with E-state index in [1.807, 2.05) is 26.0 Å². The van der Waals surface area contributed by atoms with Crippen LogP contribution in [-0.4, -0.2) is 28.5 Å². The predicted molar refractivity (Wildman–Crippen MR) is 129 cm³/mol. The Morgan fingerprint density at radius 3 is 2.36 bits per heavy atom. The maximum absolute atomic E-state index is 13.1. The third kappa shape index (κ3) is 5.64. The number of carbonyl (C=O) groups is 1. The van der Waals surface area contributed by atoms with E-state index in [1.54, 1.807) is 57.5 Å². The number of anilines is 1. The van der Waals surface area contributed by atoms with Crippen molar-refractivity contribution in [3.63, 3.8) is 0 Å². The first-order valence-corrected chi connectivity index (χ1v) is 11.9. The molecule has 3 rings (SSSR count). The Morgan fingerprint density at radius 2 is 1.70 bits per heavy atom. The Balaban J connectivity index is 1.85. The molecule has 0 bridgehead atoms. The predicted octanol–water partition coefficient (Wildman–Crippen LogP) is 4.61. The van der Waals surface area contributed by atoms with Crippen LogP contribution in [0.4, 0.5) is 5.69 Å². The molecule has 1 unspecified atom stereocenters. The van der Waals surface area contributed by atoms with Crippen molar-refractivity contribution < 1.29 is 22.7 Å². The van der Waals surface area contributed by atoms with Gasteiger partial charge in [-0.2, -0.15) is 0 Å². The molecule has 7 nitrogen and oxygen atoms in total. The zero-order valence-corrected chi connectivity index (χ0v) is 20.1. The van der Waals surface area contributed by atoms with Crippen LogP contribution >= 0.6 is 0 Å². The maximum atomic E-state index is 13.1. The summed E-state index contributed by atoms with van der Waals surface area (Å²) in [6.45, 7) is 5.47. The molecule has 3 aromatic carbocycles. The zero-order valence-electron chi connectivity index (χ0n) is 19.3. The van der Waals surface area contributed by atoms with Crippen LogP contribution in [0.5, 0.6) is 11.5 Å². The van der Waals surface area contributed by atoms with Gasteiger partial charge >= 0.3 is 0 Å². The summed E-state index contributed by atoms with van der Waals surface area (Å²) in [5.74, 6) is 0.840. The van der Waals surface area contributed by atoms with Gasteiger partial charge in [-0.05, 0) is 68.3 Å². The monoisotopic (exact) mass is 468 g/mol. The van der Waals surface area contributed by atoms with Crippen LogP contribution in [0, 0.1) is 13.8 Å². The summed E-state index contributed by atoms with van der Waals surface area (Å²) in [6, 6.07) is 16.5. The number of benzene rings is 3.